The zero-order chi connectivity index (χ0) is 18.4. The SMILES string of the molecule is CC(C)NCc1cnc(NC(=O)N(C2CCCCC2)C2CCCCC2)s1. The minimum Gasteiger partial charge on any atom is -0.319 e. The molecule has 0 radical (unpaired) electrons. The van der Waals surface area contributed by atoms with E-state index in [-0.39, 0.29) is 6.03 Å². The lowest BCUT2D eigenvalue weighted by molar-refractivity contribution is 0.114. The standard InChI is InChI=1S/C20H34N4OS/c1-15(2)21-13-18-14-22-19(26-18)23-20(25)24(16-9-5-3-6-10-16)17-11-7-4-8-12-17/h14-17,21H,3-13H2,1-2H3,(H,22,23,25). The topological polar surface area (TPSA) is 57.3 Å². The van der Waals surface area contributed by atoms with E-state index in [9.17, 15) is 4.79 Å². The highest BCUT2D eigenvalue weighted by Crippen LogP contribution is 2.31. The van der Waals surface area contributed by atoms with E-state index in [1.807, 2.05) is 6.20 Å². The van der Waals surface area contributed by atoms with Gasteiger partial charge in [-0.1, -0.05) is 52.4 Å². The fourth-order valence-electron chi connectivity index (χ4n) is 4.26. The van der Waals surface area contributed by atoms with Crippen molar-refractivity contribution in [3.63, 3.8) is 0 Å². The van der Waals surface area contributed by atoms with E-state index < -0.39 is 0 Å². The van der Waals surface area contributed by atoms with Crippen LogP contribution in [0.25, 0.3) is 0 Å². The molecular weight excluding hydrogens is 344 g/mol. The number of hydrogen-bond acceptors (Lipinski definition) is 4. The Morgan fingerprint density at radius 3 is 2.23 bits per heavy atom. The molecule has 0 aliphatic heterocycles. The van der Waals surface area contributed by atoms with Crippen LogP contribution in [0, 0.1) is 0 Å². The van der Waals surface area contributed by atoms with Crippen LogP contribution in [0.5, 0.6) is 0 Å². The molecule has 1 heterocycles. The van der Waals surface area contributed by atoms with Gasteiger partial charge in [0.25, 0.3) is 0 Å². The number of rotatable bonds is 6. The normalized spacial score (nSPS) is 19.7. The van der Waals surface area contributed by atoms with Gasteiger partial charge in [0.1, 0.15) is 0 Å². The molecule has 3 rings (SSSR count). The summed E-state index contributed by atoms with van der Waals surface area (Å²) in [6, 6.07) is 1.34. The molecule has 0 unspecified atom stereocenters. The molecule has 2 aliphatic carbocycles. The van der Waals surface area contributed by atoms with Gasteiger partial charge in [0, 0.05) is 35.7 Å². The summed E-state index contributed by atoms with van der Waals surface area (Å²) < 4.78 is 0. The van der Waals surface area contributed by atoms with Crippen LogP contribution in [0.2, 0.25) is 0 Å². The highest BCUT2D eigenvalue weighted by atomic mass is 32.1. The Kier molecular flexibility index (Phi) is 7.32. The van der Waals surface area contributed by atoms with Crippen LogP contribution in [0.4, 0.5) is 9.93 Å². The number of carbonyl (C=O) groups is 1. The lowest BCUT2D eigenvalue weighted by Crippen LogP contribution is -2.50. The third-order valence-electron chi connectivity index (χ3n) is 5.62. The lowest BCUT2D eigenvalue weighted by Gasteiger charge is -2.41. The zero-order valence-electron chi connectivity index (χ0n) is 16.3. The number of carbonyl (C=O) groups excluding carboxylic acids is 1. The predicted molar refractivity (Wildman–Crippen MR) is 109 cm³/mol. The Balaban J connectivity index is 1.64. The van der Waals surface area contributed by atoms with Crippen molar-refractivity contribution >= 4 is 22.5 Å². The van der Waals surface area contributed by atoms with E-state index in [2.05, 4.69) is 34.4 Å². The second kappa shape index (κ2) is 9.70. The molecule has 2 fully saturated rings. The summed E-state index contributed by atoms with van der Waals surface area (Å²) in [5.74, 6) is 0. The van der Waals surface area contributed by atoms with Crippen molar-refractivity contribution in [2.75, 3.05) is 5.32 Å². The van der Waals surface area contributed by atoms with Crippen molar-refractivity contribution < 1.29 is 4.79 Å². The number of anilines is 1. The number of aromatic nitrogens is 1. The van der Waals surface area contributed by atoms with E-state index in [1.165, 1.54) is 38.5 Å². The first kappa shape index (κ1) is 19.6. The van der Waals surface area contributed by atoms with Crippen LogP contribution in [-0.4, -0.2) is 34.0 Å². The second-order valence-electron chi connectivity index (χ2n) is 8.09. The summed E-state index contributed by atoms with van der Waals surface area (Å²) in [6.45, 7) is 5.08. The van der Waals surface area contributed by atoms with Gasteiger partial charge < -0.3 is 10.2 Å². The van der Waals surface area contributed by atoms with Crippen molar-refractivity contribution in [2.45, 2.75) is 103 Å². The van der Waals surface area contributed by atoms with Gasteiger partial charge in [-0.3, -0.25) is 5.32 Å². The number of urea groups is 1. The molecule has 0 atom stereocenters. The molecule has 2 N–H and O–H groups in total. The molecule has 2 aliphatic rings. The molecule has 2 saturated carbocycles. The first-order chi connectivity index (χ1) is 12.6. The fraction of sp³-hybridized carbons (Fsp3) is 0.800. The number of hydrogen-bond donors (Lipinski definition) is 2. The molecule has 6 heteroatoms. The fourth-order valence-corrected chi connectivity index (χ4v) is 5.01. The highest BCUT2D eigenvalue weighted by molar-refractivity contribution is 7.15. The van der Waals surface area contributed by atoms with Crippen LogP contribution in [-0.2, 0) is 6.54 Å². The average molecular weight is 379 g/mol. The van der Waals surface area contributed by atoms with E-state index in [1.54, 1.807) is 11.3 Å². The smallest absolute Gasteiger partial charge is 0.319 e. The number of thiazole rings is 1. The number of nitrogens with zero attached hydrogens (tertiary/aromatic N) is 2. The maximum absolute atomic E-state index is 13.2. The lowest BCUT2D eigenvalue weighted by atomic mass is 9.89. The zero-order valence-corrected chi connectivity index (χ0v) is 17.1. The average Bonchev–Trinajstić information content (AvgIpc) is 3.09. The van der Waals surface area contributed by atoms with Crippen molar-refractivity contribution in [3.05, 3.63) is 11.1 Å². The first-order valence-corrected chi connectivity index (χ1v) is 11.2. The molecule has 0 spiro atoms. The molecule has 2 amide bonds. The van der Waals surface area contributed by atoms with Crippen LogP contribution in [0.15, 0.2) is 6.20 Å². The molecule has 146 valence electrons. The monoisotopic (exact) mass is 378 g/mol. The van der Waals surface area contributed by atoms with Crippen molar-refractivity contribution in [1.29, 1.82) is 0 Å². The van der Waals surface area contributed by atoms with Crippen LogP contribution in [0.3, 0.4) is 0 Å². The molecule has 26 heavy (non-hydrogen) atoms. The molecule has 0 bridgehead atoms. The summed E-state index contributed by atoms with van der Waals surface area (Å²) >= 11 is 1.58. The molecule has 5 nitrogen and oxygen atoms in total. The minimum atomic E-state index is 0.0709. The van der Waals surface area contributed by atoms with Crippen LogP contribution in [0.1, 0.15) is 82.9 Å². The van der Waals surface area contributed by atoms with Gasteiger partial charge in [0.15, 0.2) is 5.13 Å². The van der Waals surface area contributed by atoms with Crippen molar-refractivity contribution in [2.24, 2.45) is 0 Å². The van der Waals surface area contributed by atoms with E-state index >= 15 is 0 Å². The number of amides is 2. The van der Waals surface area contributed by atoms with Gasteiger partial charge in [-0.15, -0.1) is 11.3 Å². The Morgan fingerprint density at radius 1 is 1.12 bits per heavy atom. The molecule has 1 aromatic heterocycles. The van der Waals surface area contributed by atoms with Crippen molar-refractivity contribution in [1.82, 2.24) is 15.2 Å². The van der Waals surface area contributed by atoms with E-state index in [4.69, 9.17) is 0 Å². The van der Waals surface area contributed by atoms with Gasteiger partial charge >= 0.3 is 6.03 Å². The summed E-state index contributed by atoms with van der Waals surface area (Å²) in [7, 11) is 0. The van der Waals surface area contributed by atoms with Gasteiger partial charge in [-0.25, -0.2) is 9.78 Å². The van der Waals surface area contributed by atoms with Gasteiger partial charge in [0.2, 0.25) is 0 Å². The highest BCUT2D eigenvalue weighted by Gasteiger charge is 2.32. The van der Waals surface area contributed by atoms with E-state index in [0.29, 0.717) is 18.1 Å². The summed E-state index contributed by atoms with van der Waals surface area (Å²) in [6.07, 6.45) is 14.2. The quantitative estimate of drug-likeness (QED) is 0.720. The minimum absolute atomic E-state index is 0.0709. The van der Waals surface area contributed by atoms with Gasteiger partial charge in [-0.2, -0.15) is 0 Å². The first-order valence-electron chi connectivity index (χ1n) is 10.4. The summed E-state index contributed by atoms with van der Waals surface area (Å²) in [5, 5.41) is 7.24. The predicted octanol–water partition coefficient (Wildman–Crippen LogP) is 5.14. The molecular formula is C20H34N4OS. The van der Waals surface area contributed by atoms with Crippen LogP contribution >= 0.6 is 11.3 Å². The summed E-state index contributed by atoms with van der Waals surface area (Å²) in [4.78, 5) is 20.9. The summed E-state index contributed by atoms with van der Waals surface area (Å²) in [5.41, 5.74) is 0. The Bertz CT molecular complexity index is 544. The molecule has 0 saturated heterocycles. The van der Waals surface area contributed by atoms with Gasteiger partial charge in [0.05, 0.1) is 0 Å². The van der Waals surface area contributed by atoms with Crippen LogP contribution < -0.4 is 10.6 Å². The third kappa shape index (κ3) is 5.43. The Hall–Kier alpha value is -1.14. The van der Waals surface area contributed by atoms with Crippen molar-refractivity contribution in [3.8, 4) is 0 Å². The second-order valence-corrected chi connectivity index (χ2v) is 9.20. The largest absolute Gasteiger partial charge is 0.324 e. The van der Waals surface area contributed by atoms with E-state index in [0.717, 1.165) is 42.2 Å². The maximum Gasteiger partial charge on any atom is 0.324 e. The molecule has 0 aromatic carbocycles. The third-order valence-corrected chi connectivity index (χ3v) is 6.54. The maximum atomic E-state index is 13.2. The Morgan fingerprint density at radius 2 is 1.69 bits per heavy atom. The molecule has 1 aromatic rings. The number of nitrogens with one attached hydrogen (secondary N) is 2. The van der Waals surface area contributed by atoms with Gasteiger partial charge in [-0.05, 0) is 25.7 Å². The Labute approximate surface area is 162 Å².